The van der Waals surface area contributed by atoms with Crippen LogP contribution in [0.25, 0.3) is 11.4 Å². The largest absolute Gasteiger partial charge is 0.496 e. The van der Waals surface area contributed by atoms with E-state index in [0.717, 1.165) is 5.56 Å². The highest BCUT2D eigenvalue weighted by Gasteiger charge is 2.17. The van der Waals surface area contributed by atoms with Crippen LogP contribution in [0.1, 0.15) is 10.4 Å². The van der Waals surface area contributed by atoms with Gasteiger partial charge in [-0.3, -0.25) is 19.9 Å². The maximum Gasteiger partial charge on any atom is 0.261 e. The number of hydrogen-bond acceptors (Lipinski definition) is 7. The molecule has 1 N–H and O–H groups in total. The maximum absolute atomic E-state index is 12.2. The van der Waals surface area contributed by atoms with Crippen LogP contribution in [0.5, 0.6) is 5.75 Å². The minimum atomic E-state index is -0.506. The summed E-state index contributed by atoms with van der Waals surface area (Å²) in [5.41, 5.74) is 1.18. The summed E-state index contributed by atoms with van der Waals surface area (Å²) in [6, 6.07) is 10.4. The normalized spacial score (nSPS) is 10.4. The first-order chi connectivity index (χ1) is 13.1. The van der Waals surface area contributed by atoms with Gasteiger partial charge >= 0.3 is 0 Å². The molecule has 0 aliphatic heterocycles. The number of pyridine rings is 1. The van der Waals surface area contributed by atoms with Crippen molar-refractivity contribution in [1.82, 2.24) is 25.1 Å². The zero-order valence-corrected chi connectivity index (χ0v) is 15.6. The van der Waals surface area contributed by atoms with Gasteiger partial charge in [0.05, 0.1) is 18.4 Å². The zero-order valence-electron chi connectivity index (χ0n) is 14.7. The van der Waals surface area contributed by atoms with Crippen molar-refractivity contribution in [3.8, 4) is 17.1 Å². The van der Waals surface area contributed by atoms with Crippen molar-refractivity contribution >= 4 is 23.6 Å². The molecule has 0 atom stereocenters. The number of nitrogens with one attached hydrogen (secondary N) is 1. The smallest absolute Gasteiger partial charge is 0.261 e. The summed E-state index contributed by atoms with van der Waals surface area (Å²) in [5, 5.41) is 11.2. The number of amides is 2. The molecule has 0 spiro atoms. The van der Waals surface area contributed by atoms with E-state index in [1.807, 2.05) is 19.2 Å². The van der Waals surface area contributed by atoms with Gasteiger partial charge in [0.25, 0.3) is 5.91 Å². The SMILES string of the molecule is COc1ccccc1C(=O)NC(=O)CSc1nnc(-c2ccncc2)n1C. The Morgan fingerprint density at radius 1 is 1.15 bits per heavy atom. The Morgan fingerprint density at radius 2 is 1.89 bits per heavy atom. The second kappa shape index (κ2) is 8.45. The van der Waals surface area contributed by atoms with E-state index < -0.39 is 11.8 Å². The Balaban J connectivity index is 1.61. The van der Waals surface area contributed by atoms with Gasteiger partial charge in [-0.15, -0.1) is 10.2 Å². The van der Waals surface area contributed by atoms with Crippen LogP contribution >= 0.6 is 11.8 Å². The van der Waals surface area contributed by atoms with Crippen LogP contribution in [0.15, 0.2) is 53.9 Å². The third kappa shape index (κ3) is 4.32. The topological polar surface area (TPSA) is 99.0 Å². The molecule has 2 heterocycles. The van der Waals surface area contributed by atoms with Crippen LogP contribution in [-0.4, -0.2) is 44.4 Å². The maximum atomic E-state index is 12.2. The summed E-state index contributed by atoms with van der Waals surface area (Å²) in [7, 11) is 3.29. The number of carbonyl (C=O) groups excluding carboxylic acids is 2. The van der Waals surface area contributed by atoms with Gasteiger partial charge in [-0.25, -0.2) is 0 Å². The average molecular weight is 383 g/mol. The van der Waals surface area contributed by atoms with E-state index >= 15 is 0 Å². The first-order valence-corrected chi connectivity index (χ1v) is 8.98. The monoisotopic (exact) mass is 383 g/mol. The van der Waals surface area contributed by atoms with E-state index in [1.54, 1.807) is 41.2 Å². The van der Waals surface area contributed by atoms with E-state index in [1.165, 1.54) is 18.9 Å². The lowest BCUT2D eigenvalue weighted by molar-refractivity contribution is -0.117. The predicted octanol–water partition coefficient (Wildman–Crippen LogP) is 1.93. The number of methoxy groups -OCH3 is 1. The zero-order chi connectivity index (χ0) is 19.2. The quantitative estimate of drug-likeness (QED) is 0.649. The molecule has 138 valence electrons. The van der Waals surface area contributed by atoms with Gasteiger partial charge in [0.1, 0.15) is 5.75 Å². The van der Waals surface area contributed by atoms with E-state index in [4.69, 9.17) is 4.74 Å². The fourth-order valence-electron chi connectivity index (χ4n) is 2.39. The van der Waals surface area contributed by atoms with Gasteiger partial charge in [-0.2, -0.15) is 0 Å². The number of rotatable bonds is 6. The molecule has 0 saturated carbocycles. The van der Waals surface area contributed by atoms with Gasteiger partial charge in [-0.05, 0) is 24.3 Å². The number of para-hydroxylation sites is 1. The molecular weight excluding hydrogens is 366 g/mol. The van der Waals surface area contributed by atoms with Crippen LogP contribution in [0, 0.1) is 0 Å². The Bertz CT molecular complexity index is 959. The molecule has 2 amide bonds. The van der Waals surface area contributed by atoms with Crippen molar-refractivity contribution in [3.05, 3.63) is 54.4 Å². The van der Waals surface area contributed by atoms with Gasteiger partial charge in [0, 0.05) is 25.0 Å². The average Bonchev–Trinajstić information content (AvgIpc) is 3.07. The fraction of sp³-hybridized carbons (Fsp3) is 0.167. The fourth-order valence-corrected chi connectivity index (χ4v) is 3.10. The highest BCUT2D eigenvalue weighted by atomic mass is 32.2. The molecule has 0 bridgehead atoms. The summed E-state index contributed by atoms with van der Waals surface area (Å²) >= 11 is 1.20. The number of thioether (sulfide) groups is 1. The lowest BCUT2D eigenvalue weighted by atomic mass is 10.2. The number of imide groups is 1. The van der Waals surface area contributed by atoms with Crippen molar-refractivity contribution in [2.45, 2.75) is 5.16 Å². The number of hydrogen-bond donors (Lipinski definition) is 1. The molecule has 27 heavy (non-hydrogen) atoms. The number of carbonyl (C=O) groups is 2. The molecule has 0 fully saturated rings. The predicted molar refractivity (Wildman–Crippen MR) is 100 cm³/mol. The third-order valence-electron chi connectivity index (χ3n) is 3.71. The number of aromatic nitrogens is 4. The van der Waals surface area contributed by atoms with Crippen molar-refractivity contribution in [2.75, 3.05) is 12.9 Å². The molecule has 3 rings (SSSR count). The number of ether oxygens (including phenoxy) is 1. The van der Waals surface area contributed by atoms with Crippen molar-refractivity contribution in [3.63, 3.8) is 0 Å². The Kier molecular flexibility index (Phi) is 5.82. The summed E-state index contributed by atoms with van der Waals surface area (Å²) in [6.45, 7) is 0. The summed E-state index contributed by atoms with van der Waals surface area (Å²) in [4.78, 5) is 28.3. The summed E-state index contributed by atoms with van der Waals surface area (Å²) in [5.74, 6) is 0.178. The van der Waals surface area contributed by atoms with E-state index in [2.05, 4.69) is 20.5 Å². The van der Waals surface area contributed by atoms with Crippen molar-refractivity contribution in [1.29, 1.82) is 0 Å². The molecule has 1 aromatic carbocycles. The van der Waals surface area contributed by atoms with Crippen molar-refractivity contribution in [2.24, 2.45) is 7.05 Å². The molecular formula is C18H17N5O3S. The molecule has 9 heteroatoms. The first kappa shape index (κ1) is 18.6. The van der Waals surface area contributed by atoms with Gasteiger partial charge in [-0.1, -0.05) is 23.9 Å². The highest BCUT2D eigenvalue weighted by molar-refractivity contribution is 7.99. The molecule has 0 radical (unpaired) electrons. The summed E-state index contributed by atoms with van der Waals surface area (Å²) < 4.78 is 6.92. The lowest BCUT2D eigenvalue weighted by Crippen LogP contribution is -2.32. The van der Waals surface area contributed by atoms with Gasteiger partial charge in [0.2, 0.25) is 5.91 Å². The minimum Gasteiger partial charge on any atom is -0.496 e. The second-order valence-electron chi connectivity index (χ2n) is 5.47. The molecule has 2 aromatic heterocycles. The van der Waals surface area contributed by atoms with Crippen LogP contribution in [0.2, 0.25) is 0 Å². The first-order valence-electron chi connectivity index (χ1n) is 8.00. The summed E-state index contributed by atoms with van der Waals surface area (Å²) in [6.07, 6.45) is 3.35. The molecule has 0 unspecified atom stereocenters. The van der Waals surface area contributed by atoms with Crippen LogP contribution in [-0.2, 0) is 11.8 Å². The van der Waals surface area contributed by atoms with E-state index in [9.17, 15) is 9.59 Å². The molecule has 8 nitrogen and oxygen atoms in total. The highest BCUT2D eigenvalue weighted by Crippen LogP contribution is 2.22. The Labute approximate surface area is 160 Å². The Hall–Kier alpha value is -3.20. The van der Waals surface area contributed by atoms with Crippen molar-refractivity contribution < 1.29 is 14.3 Å². The number of benzene rings is 1. The lowest BCUT2D eigenvalue weighted by Gasteiger charge is -2.08. The van der Waals surface area contributed by atoms with E-state index in [0.29, 0.717) is 22.3 Å². The van der Waals surface area contributed by atoms with Crippen LogP contribution in [0.3, 0.4) is 0 Å². The van der Waals surface area contributed by atoms with E-state index in [-0.39, 0.29) is 5.75 Å². The van der Waals surface area contributed by atoms with Crippen LogP contribution < -0.4 is 10.1 Å². The second-order valence-corrected chi connectivity index (χ2v) is 6.41. The molecule has 0 aliphatic rings. The molecule has 3 aromatic rings. The van der Waals surface area contributed by atoms with Crippen LogP contribution in [0.4, 0.5) is 0 Å². The van der Waals surface area contributed by atoms with Gasteiger partial charge < -0.3 is 9.30 Å². The van der Waals surface area contributed by atoms with Gasteiger partial charge in [0.15, 0.2) is 11.0 Å². The third-order valence-corrected chi connectivity index (χ3v) is 4.73. The number of nitrogens with zero attached hydrogens (tertiary/aromatic N) is 4. The molecule has 0 saturated heterocycles. The molecule has 0 aliphatic carbocycles. The minimum absolute atomic E-state index is 0.0310. The Morgan fingerprint density at radius 3 is 2.63 bits per heavy atom. The standard InChI is InChI=1S/C18H17N5O3S/c1-23-16(12-7-9-19-10-8-12)21-22-18(23)27-11-15(24)20-17(25)13-5-3-4-6-14(13)26-2/h3-10H,11H2,1-2H3,(H,20,24,25).